The first kappa shape index (κ1) is 15.9. The zero-order valence-electron chi connectivity index (χ0n) is 13.5. The van der Waals surface area contributed by atoms with Gasteiger partial charge in [0, 0.05) is 11.9 Å². The second-order valence-corrected chi connectivity index (χ2v) is 5.78. The predicted molar refractivity (Wildman–Crippen MR) is 88.0 cm³/mol. The summed E-state index contributed by atoms with van der Waals surface area (Å²) in [4.78, 5) is 14.1. The Morgan fingerprint density at radius 1 is 1.22 bits per heavy atom. The van der Waals surface area contributed by atoms with Crippen LogP contribution in [0.25, 0.3) is 11.0 Å². The molecule has 124 valence electrons. The van der Waals surface area contributed by atoms with Crippen molar-refractivity contribution in [3.8, 4) is 5.75 Å². The van der Waals surface area contributed by atoms with Crippen LogP contribution in [0.1, 0.15) is 36.7 Å². The Hall–Kier alpha value is -2.01. The molecule has 0 unspecified atom stereocenters. The average molecular weight is 317 g/mol. The van der Waals surface area contributed by atoms with Crippen LogP contribution < -0.4 is 4.74 Å². The lowest BCUT2D eigenvalue weighted by atomic mass is 10.1. The molecule has 5 nitrogen and oxygen atoms in total. The third-order valence-corrected chi connectivity index (χ3v) is 4.09. The monoisotopic (exact) mass is 317 g/mol. The number of carbonyl (C=O) groups is 1. The number of rotatable bonds is 6. The molecule has 0 atom stereocenters. The van der Waals surface area contributed by atoms with E-state index in [9.17, 15) is 4.79 Å². The molecule has 1 saturated heterocycles. The quantitative estimate of drug-likeness (QED) is 0.764. The van der Waals surface area contributed by atoms with E-state index in [0.717, 1.165) is 17.7 Å². The van der Waals surface area contributed by atoms with Gasteiger partial charge in [0.25, 0.3) is 0 Å². The maximum atomic E-state index is 11.7. The van der Waals surface area contributed by atoms with E-state index in [4.69, 9.17) is 13.9 Å². The number of ether oxygens (including phenoxy) is 2. The van der Waals surface area contributed by atoms with Crippen LogP contribution in [0.15, 0.2) is 28.7 Å². The van der Waals surface area contributed by atoms with Crippen molar-refractivity contribution in [3.63, 3.8) is 0 Å². The van der Waals surface area contributed by atoms with Gasteiger partial charge in [0.15, 0.2) is 0 Å². The maximum Gasteiger partial charge on any atom is 0.374 e. The van der Waals surface area contributed by atoms with E-state index in [1.165, 1.54) is 32.4 Å². The lowest BCUT2D eigenvalue weighted by Crippen LogP contribution is -2.33. The molecule has 5 heteroatoms. The van der Waals surface area contributed by atoms with Crippen molar-refractivity contribution in [1.29, 1.82) is 0 Å². The van der Waals surface area contributed by atoms with Crippen LogP contribution in [0.3, 0.4) is 0 Å². The second-order valence-electron chi connectivity index (χ2n) is 5.78. The fourth-order valence-electron chi connectivity index (χ4n) is 2.89. The number of benzene rings is 1. The Kier molecular flexibility index (Phi) is 5.18. The van der Waals surface area contributed by atoms with Gasteiger partial charge in [-0.1, -0.05) is 6.42 Å². The maximum absolute atomic E-state index is 11.7. The SMILES string of the molecule is CCOC(=O)c1cc2cc(OCCN3CCCCC3)ccc2o1. The van der Waals surface area contributed by atoms with Gasteiger partial charge < -0.3 is 13.9 Å². The number of fused-ring (bicyclic) bond motifs is 1. The van der Waals surface area contributed by atoms with Crippen molar-refractivity contribution in [2.24, 2.45) is 0 Å². The van der Waals surface area contributed by atoms with Crippen LogP contribution in [-0.4, -0.2) is 43.7 Å². The molecule has 0 spiro atoms. The summed E-state index contributed by atoms with van der Waals surface area (Å²) in [5.41, 5.74) is 0.663. The smallest absolute Gasteiger partial charge is 0.374 e. The van der Waals surface area contributed by atoms with Gasteiger partial charge in [-0.05, 0) is 57.1 Å². The van der Waals surface area contributed by atoms with Crippen molar-refractivity contribution in [2.75, 3.05) is 32.8 Å². The number of esters is 1. The second kappa shape index (κ2) is 7.51. The summed E-state index contributed by atoms with van der Waals surface area (Å²) in [5.74, 6) is 0.592. The molecular weight excluding hydrogens is 294 g/mol. The first-order valence-corrected chi connectivity index (χ1v) is 8.32. The summed E-state index contributed by atoms with van der Waals surface area (Å²) in [6.45, 7) is 6.08. The zero-order valence-corrected chi connectivity index (χ0v) is 13.5. The molecule has 1 aliphatic rings. The topological polar surface area (TPSA) is 51.9 Å². The van der Waals surface area contributed by atoms with Gasteiger partial charge in [-0.15, -0.1) is 0 Å². The number of furan rings is 1. The summed E-state index contributed by atoms with van der Waals surface area (Å²) in [6.07, 6.45) is 3.92. The number of hydrogen-bond donors (Lipinski definition) is 0. The Bertz CT molecular complexity index is 658. The van der Waals surface area contributed by atoms with Gasteiger partial charge >= 0.3 is 5.97 Å². The summed E-state index contributed by atoms with van der Waals surface area (Å²) >= 11 is 0. The highest BCUT2D eigenvalue weighted by Crippen LogP contribution is 2.25. The van der Waals surface area contributed by atoms with E-state index in [2.05, 4.69) is 4.90 Å². The molecule has 1 fully saturated rings. The average Bonchev–Trinajstić information content (AvgIpc) is 2.99. The first-order chi connectivity index (χ1) is 11.3. The lowest BCUT2D eigenvalue weighted by Gasteiger charge is -2.26. The molecule has 0 N–H and O–H groups in total. The van der Waals surface area contributed by atoms with Crippen LogP contribution in [0.2, 0.25) is 0 Å². The molecule has 1 aromatic carbocycles. The van der Waals surface area contributed by atoms with Gasteiger partial charge in [0.05, 0.1) is 6.61 Å². The van der Waals surface area contributed by atoms with Gasteiger partial charge in [-0.25, -0.2) is 4.79 Å². The van der Waals surface area contributed by atoms with E-state index < -0.39 is 5.97 Å². The van der Waals surface area contributed by atoms with Crippen LogP contribution >= 0.6 is 0 Å². The standard InChI is InChI=1S/C18H23NO4/c1-2-21-18(20)17-13-14-12-15(6-7-16(14)23-17)22-11-10-19-8-4-3-5-9-19/h6-7,12-13H,2-5,8-11H2,1H3. The molecule has 2 aromatic rings. The van der Waals surface area contributed by atoms with E-state index in [0.29, 0.717) is 18.8 Å². The summed E-state index contributed by atoms with van der Waals surface area (Å²) in [5, 5.41) is 0.850. The van der Waals surface area contributed by atoms with Crippen LogP contribution in [0.4, 0.5) is 0 Å². The van der Waals surface area contributed by atoms with Crippen LogP contribution in [0.5, 0.6) is 5.75 Å². The summed E-state index contributed by atoms with van der Waals surface area (Å²) in [7, 11) is 0. The Morgan fingerprint density at radius 2 is 2.04 bits per heavy atom. The largest absolute Gasteiger partial charge is 0.492 e. The van der Waals surface area contributed by atoms with Crippen molar-refractivity contribution in [3.05, 3.63) is 30.0 Å². The van der Waals surface area contributed by atoms with Crippen molar-refractivity contribution < 1.29 is 18.7 Å². The molecule has 0 bridgehead atoms. The zero-order chi connectivity index (χ0) is 16.1. The van der Waals surface area contributed by atoms with Crippen LogP contribution in [-0.2, 0) is 4.74 Å². The number of likely N-dealkylation sites (tertiary alicyclic amines) is 1. The Labute approximate surface area is 136 Å². The van der Waals surface area contributed by atoms with Crippen molar-refractivity contribution >= 4 is 16.9 Å². The Morgan fingerprint density at radius 3 is 2.83 bits per heavy atom. The highest BCUT2D eigenvalue weighted by molar-refractivity contribution is 5.92. The number of hydrogen-bond acceptors (Lipinski definition) is 5. The number of nitrogens with zero attached hydrogens (tertiary/aromatic N) is 1. The molecule has 0 radical (unpaired) electrons. The lowest BCUT2D eigenvalue weighted by molar-refractivity contribution is 0.0492. The fraction of sp³-hybridized carbons (Fsp3) is 0.500. The molecule has 1 aliphatic heterocycles. The van der Waals surface area contributed by atoms with Crippen LogP contribution in [0, 0.1) is 0 Å². The van der Waals surface area contributed by atoms with Gasteiger partial charge in [0.2, 0.25) is 5.76 Å². The molecular formula is C18H23NO4. The molecule has 3 rings (SSSR count). The molecule has 1 aromatic heterocycles. The summed E-state index contributed by atoms with van der Waals surface area (Å²) < 4.78 is 16.3. The van der Waals surface area contributed by atoms with Gasteiger partial charge in [0.1, 0.15) is 17.9 Å². The third-order valence-electron chi connectivity index (χ3n) is 4.09. The third kappa shape index (κ3) is 4.05. The van der Waals surface area contributed by atoms with Crippen molar-refractivity contribution in [1.82, 2.24) is 4.90 Å². The van der Waals surface area contributed by atoms with E-state index >= 15 is 0 Å². The molecule has 0 amide bonds. The summed E-state index contributed by atoms with van der Waals surface area (Å²) in [6, 6.07) is 7.30. The van der Waals surface area contributed by atoms with E-state index in [1.54, 1.807) is 13.0 Å². The molecule has 23 heavy (non-hydrogen) atoms. The highest BCUT2D eigenvalue weighted by Gasteiger charge is 2.14. The molecule has 0 saturated carbocycles. The minimum absolute atomic E-state index is 0.229. The fourth-order valence-corrected chi connectivity index (χ4v) is 2.89. The number of piperidine rings is 1. The van der Waals surface area contributed by atoms with Crippen molar-refractivity contribution in [2.45, 2.75) is 26.2 Å². The van der Waals surface area contributed by atoms with Gasteiger partial charge in [-0.3, -0.25) is 4.90 Å². The normalized spacial score (nSPS) is 15.7. The van der Waals surface area contributed by atoms with E-state index in [-0.39, 0.29) is 5.76 Å². The Balaban J connectivity index is 1.59. The minimum Gasteiger partial charge on any atom is -0.492 e. The molecule has 0 aliphatic carbocycles. The number of carbonyl (C=O) groups excluding carboxylic acids is 1. The minimum atomic E-state index is -0.434. The van der Waals surface area contributed by atoms with Gasteiger partial charge in [-0.2, -0.15) is 0 Å². The highest BCUT2D eigenvalue weighted by atomic mass is 16.5. The molecule has 2 heterocycles. The first-order valence-electron chi connectivity index (χ1n) is 8.32. The predicted octanol–water partition coefficient (Wildman–Crippen LogP) is 3.47. The van der Waals surface area contributed by atoms with E-state index in [1.807, 2.05) is 18.2 Å².